The van der Waals surface area contributed by atoms with Gasteiger partial charge in [-0.1, -0.05) is 65.5 Å². The van der Waals surface area contributed by atoms with E-state index in [1.165, 1.54) is 57.8 Å². The maximum absolute atomic E-state index is 10.3. The fraction of sp³-hybridized carbons (Fsp3) is 0.929. The lowest BCUT2D eigenvalue weighted by Gasteiger charge is -2.56. The summed E-state index contributed by atoms with van der Waals surface area (Å²) < 4.78 is 0. The Balaban J connectivity index is 1.53. The van der Waals surface area contributed by atoms with Crippen LogP contribution in [0.4, 0.5) is 0 Å². The third-order valence-electron chi connectivity index (χ3n) is 10.9. The van der Waals surface area contributed by atoms with Gasteiger partial charge in [0.1, 0.15) is 0 Å². The minimum absolute atomic E-state index is 0.0268. The molecule has 166 valence electrons. The summed E-state index contributed by atoms with van der Waals surface area (Å²) in [6.07, 6.45) is 14.5. The van der Waals surface area contributed by atoms with Crippen LogP contribution in [0.1, 0.15) is 112 Å². The second-order valence-electron chi connectivity index (χ2n) is 12.6. The Hall–Kier alpha value is -0.300. The Labute approximate surface area is 181 Å². The van der Waals surface area contributed by atoms with Gasteiger partial charge < -0.3 is 5.11 Å². The molecule has 4 aliphatic carbocycles. The van der Waals surface area contributed by atoms with E-state index in [4.69, 9.17) is 0 Å². The van der Waals surface area contributed by atoms with Crippen molar-refractivity contribution in [3.8, 4) is 0 Å². The number of aliphatic hydroxyl groups is 1. The molecule has 4 aliphatic rings. The molecule has 1 N–H and O–H groups in total. The average molecular weight is 401 g/mol. The first-order valence-electron chi connectivity index (χ1n) is 13.1. The summed E-state index contributed by atoms with van der Waals surface area (Å²) in [6, 6.07) is 0. The molecule has 6 unspecified atom stereocenters. The van der Waals surface area contributed by atoms with Crippen molar-refractivity contribution >= 4 is 0 Å². The molecular formula is C28H48O. The van der Waals surface area contributed by atoms with Crippen LogP contribution in [0.25, 0.3) is 0 Å². The normalized spacial score (nSPS) is 44.3. The summed E-state index contributed by atoms with van der Waals surface area (Å²) in [6.45, 7) is 15.0. The molecule has 0 amide bonds. The zero-order valence-corrected chi connectivity index (χ0v) is 20.3. The van der Waals surface area contributed by atoms with Crippen LogP contribution in [0, 0.1) is 46.3 Å². The number of hydrogen-bond donors (Lipinski definition) is 1. The van der Waals surface area contributed by atoms with E-state index in [1.54, 1.807) is 0 Å². The Morgan fingerprint density at radius 2 is 1.69 bits per heavy atom. The van der Waals surface area contributed by atoms with E-state index in [0.717, 1.165) is 48.3 Å². The summed E-state index contributed by atoms with van der Waals surface area (Å²) in [5, 5.41) is 10.3. The van der Waals surface area contributed by atoms with Crippen molar-refractivity contribution in [2.45, 2.75) is 118 Å². The first kappa shape index (κ1) is 21.9. The molecular weight excluding hydrogens is 352 g/mol. The van der Waals surface area contributed by atoms with Crippen molar-refractivity contribution in [2.24, 2.45) is 46.3 Å². The number of fused-ring (bicyclic) bond motifs is 4. The van der Waals surface area contributed by atoms with Crippen LogP contribution < -0.4 is 0 Å². The second kappa shape index (κ2) is 7.99. The highest BCUT2D eigenvalue weighted by molar-refractivity contribution is 5.34. The van der Waals surface area contributed by atoms with Gasteiger partial charge in [0.05, 0.1) is 6.10 Å². The van der Waals surface area contributed by atoms with E-state index in [-0.39, 0.29) is 6.10 Å². The Kier molecular flexibility index (Phi) is 6.04. The highest BCUT2D eigenvalue weighted by Gasteiger charge is 2.55. The first-order valence-corrected chi connectivity index (χ1v) is 13.1. The van der Waals surface area contributed by atoms with Gasteiger partial charge >= 0.3 is 0 Å². The lowest BCUT2D eigenvalue weighted by Crippen LogP contribution is -2.48. The summed E-state index contributed by atoms with van der Waals surface area (Å²) in [4.78, 5) is 0. The standard InChI is InChI=1S/C28H48O/c1-18(2)19(3)7-8-20(4)24-11-12-25-23-10-9-21-17-22(29)13-15-27(21,5)26(23)14-16-28(24,25)6/h18-22,24,26,29H,7-17H2,1-6H3/t19?,20?,21-,22-,24?,26?,27?,28?/m0/s1. The van der Waals surface area contributed by atoms with Crippen LogP contribution in [-0.4, -0.2) is 11.2 Å². The molecule has 0 bridgehead atoms. The van der Waals surface area contributed by atoms with Crippen molar-refractivity contribution in [1.29, 1.82) is 0 Å². The van der Waals surface area contributed by atoms with E-state index < -0.39 is 0 Å². The highest BCUT2D eigenvalue weighted by Crippen LogP contribution is 2.65. The summed E-state index contributed by atoms with van der Waals surface area (Å²) in [5.74, 6) is 5.04. The predicted molar refractivity (Wildman–Crippen MR) is 124 cm³/mol. The first-order chi connectivity index (χ1) is 13.7. The van der Waals surface area contributed by atoms with Gasteiger partial charge in [-0.25, -0.2) is 0 Å². The van der Waals surface area contributed by atoms with Crippen LogP contribution in [-0.2, 0) is 0 Å². The lowest BCUT2D eigenvalue weighted by molar-refractivity contribution is -0.0381. The molecule has 8 atom stereocenters. The largest absolute Gasteiger partial charge is 0.393 e. The molecule has 0 saturated heterocycles. The summed E-state index contributed by atoms with van der Waals surface area (Å²) >= 11 is 0. The lowest BCUT2D eigenvalue weighted by atomic mass is 9.49. The maximum atomic E-state index is 10.3. The summed E-state index contributed by atoms with van der Waals surface area (Å²) in [5.41, 5.74) is 4.80. The average Bonchev–Trinajstić information content (AvgIpc) is 3.03. The number of hydrogen-bond acceptors (Lipinski definition) is 1. The molecule has 3 fully saturated rings. The fourth-order valence-corrected chi connectivity index (χ4v) is 8.48. The molecule has 0 aliphatic heterocycles. The van der Waals surface area contributed by atoms with E-state index in [0.29, 0.717) is 10.8 Å². The monoisotopic (exact) mass is 400 g/mol. The Bertz CT molecular complexity index is 632. The van der Waals surface area contributed by atoms with Crippen molar-refractivity contribution in [3.63, 3.8) is 0 Å². The zero-order valence-electron chi connectivity index (χ0n) is 20.3. The van der Waals surface area contributed by atoms with Crippen molar-refractivity contribution < 1.29 is 5.11 Å². The van der Waals surface area contributed by atoms with Gasteiger partial charge in [0.2, 0.25) is 0 Å². The van der Waals surface area contributed by atoms with Gasteiger partial charge in [-0.2, -0.15) is 0 Å². The topological polar surface area (TPSA) is 20.2 Å². The number of aliphatic hydroxyl groups excluding tert-OH is 1. The van der Waals surface area contributed by atoms with Crippen LogP contribution in [0.2, 0.25) is 0 Å². The molecule has 0 aromatic rings. The van der Waals surface area contributed by atoms with E-state index in [9.17, 15) is 5.11 Å². The van der Waals surface area contributed by atoms with Gasteiger partial charge in [-0.05, 0) is 104 Å². The van der Waals surface area contributed by atoms with Gasteiger partial charge in [0.15, 0.2) is 0 Å². The molecule has 0 spiro atoms. The molecule has 1 heteroatoms. The molecule has 0 heterocycles. The Morgan fingerprint density at radius 3 is 2.41 bits per heavy atom. The number of allylic oxidation sites excluding steroid dienone is 2. The SMILES string of the molecule is CC(C)C(C)CCC(C)C1CCC2=C3CC[C@H]4C[C@@H](O)CCC4(C)C3CCC21C. The van der Waals surface area contributed by atoms with Crippen molar-refractivity contribution in [3.05, 3.63) is 11.1 Å². The second-order valence-corrected chi connectivity index (χ2v) is 12.6. The Morgan fingerprint density at radius 1 is 0.931 bits per heavy atom. The van der Waals surface area contributed by atoms with Crippen LogP contribution in [0.3, 0.4) is 0 Å². The summed E-state index contributed by atoms with van der Waals surface area (Å²) in [7, 11) is 0. The van der Waals surface area contributed by atoms with Crippen molar-refractivity contribution in [1.82, 2.24) is 0 Å². The van der Waals surface area contributed by atoms with Gasteiger partial charge in [0.25, 0.3) is 0 Å². The molecule has 0 aromatic carbocycles. The molecule has 0 radical (unpaired) electrons. The maximum Gasteiger partial charge on any atom is 0.0543 e. The van der Waals surface area contributed by atoms with Crippen molar-refractivity contribution in [2.75, 3.05) is 0 Å². The highest BCUT2D eigenvalue weighted by atomic mass is 16.3. The quantitative estimate of drug-likeness (QED) is 0.467. The number of rotatable bonds is 5. The minimum atomic E-state index is -0.0268. The van der Waals surface area contributed by atoms with Gasteiger partial charge in [-0.15, -0.1) is 0 Å². The predicted octanol–water partition coefficient (Wildman–Crippen LogP) is 7.78. The molecule has 3 saturated carbocycles. The fourth-order valence-electron chi connectivity index (χ4n) is 8.48. The molecule has 1 nitrogen and oxygen atoms in total. The smallest absolute Gasteiger partial charge is 0.0543 e. The minimum Gasteiger partial charge on any atom is -0.393 e. The van der Waals surface area contributed by atoms with E-state index >= 15 is 0 Å². The molecule has 29 heavy (non-hydrogen) atoms. The van der Waals surface area contributed by atoms with Crippen LogP contribution in [0.15, 0.2) is 11.1 Å². The molecule has 4 rings (SSSR count). The van der Waals surface area contributed by atoms with Crippen LogP contribution >= 0.6 is 0 Å². The van der Waals surface area contributed by atoms with E-state index in [1.807, 2.05) is 11.1 Å². The van der Waals surface area contributed by atoms with Crippen LogP contribution in [0.5, 0.6) is 0 Å². The van der Waals surface area contributed by atoms with E-state index in [2.05, 4.69) is 41.5 Å². The van der Waals surface area contributed by atoms with Gasteiger partial charge in [0, 0.05) is 0 Å². The molecule has 0 aromatic heterocycles. The zero-order chi connectivity index (χ0) is 21.0. The third-order valence-corrected chi connectivity index (χ3v) is 10.9. The third kappa shape index (κ3) is 3.66. The van der Waals surface area contributed by atoms with Gasteiger partial charge in [-0.3, -0.25) is 0 Å².